The van der Waals surface area contributed by atoms with Crippen molar-refractivity contribution in [2.75, 3.05) is 16.2 Å². The van der Waals surface area contributed by atoms with Gasteiger partial charge >= 0.3 is 0 Å². The predicted octanol–water partition coefficient (Wildman–Crippen LogP) is 6.10. The van der Waals surface area contributed by atoms with E-state index in [0.717, 1.165) is 9.87 Å². The van der Waals surface area contributed by atoms with Gasteiger partial charge in [0.25, 0.3) is 10.0 Å². The van der Waals surface area contributed by atoms with Gasteiger partial charge in [-0.2, -0.15) is 0 Å². The summed E-state index contributed by atoms with van der Waals surface area (Å²) in [5.74, 6) is -0.538. The Bertz CT molecular complexity index is 1230. The molecule has 0 fully saturated rings. The number of benzene rings is 3. The zero-order valence-corrected chi connectivity index (χ0v) is 19.8. The van der Waals surface area contributed by atoms with Crippen molar-refractivity contribution in [3.63, 3.8) is 0 Å². The highest BCUT2D eigenvalue weighted by atomic mass is 35.5. The fourth-order valence-electron chi connectivity index (χ4n) is 2.94. The number of hydrogen-bond donors (Lipinski definition) is 1. The van der Waals surface area contributed by atoms with Gasteiger partial charge in [-0.15, -0.1) is 0 Å². The summed E-state index contributed by atoms with van der Waals surface area (Å²) < 4.78 is 28.0. The van der Waals surface area contributed by atoms with Crippen LogP contribution >= 0.6 is 34.8 Å². The van der Waals surface area contributed by atoms with Gasteiger partial charge in [0.2, 0.25) is 5.91 Å². The standard InChI is InChI=1S/C22H19Cl3N2O3S/c1-14-3-7-18(8-4-14)31(29,30)27(21-10-5-16(23)11-15(21)2)13-22(28)26-17-6-9-19(24)20(25)12-17/h3-12H,13H2,1-2H3,(H,26,28). The fraction of sp³-hybridized carbons (Fsp3) is 0.136. The molecule has 3 aromatic carbocycles. The number of nitrogens with one attached hydrogen (secondary N) is 1. The molecule has 0 bridgehead atoms. The molecule has 0 saturated heterocycles. The third kappa shape index (κ3) is 5.52. The number of sulfonamides is 1. The average molecular weight is 498 g/mol. The molecule has 0 aliphatic carbocycles. The Morgan fingerprint density at radius 2 is 1.58 bits per heavy atom. The van der Waals surface area contributed by atoms with Gasteiger partial charge in [-0.05, 0) is 67.9 Å². The lowest BCUT2D eigenvalue weighted by Crippen LogP contribution is -2.38. The van der Waals surface area contributed by atoms with Crippen LogP contribution in [0.5, 0.6) is 0 Å². The molecular formula is C22H19Cl3N2O3S. The zero-order valence-electron chi connectivity index (χ0n) is 16.7. The van der Waals surface area contributed by atoms with Crippen LogP contribution < -0.4 is 9.62 Å². The van der Waals surface area contributed by atoms with Crippen molar-refractivity contribution in [3.8, 4) is 0 Å². The minimum atomic E-state index is -4.03. The van der Waals surface area contributed by atoms with E-state index < -0.39 is 22.5 Å². The van der Waals surface area contributed by atoms with Crippen molar-refractivity contribution < 1.29 is 13.2 Å². The molecule has 3 rings (SSSR count). The van der Waals surface area contributed by atoms with Gasteiger partial charge in [-0.25, -0.2) is 8.42 Å². The molecule has 162 valence electrons. The van der Waals surface area contributed by atoms with Crippen LogP contribution in [0.2, 0.25) is 15.1 Å². The molecule has 9 heteroatoms. The molecule has 1 N–H and O–H groups in total. The highest BCUT2D eigenvalue weighted by Gasteiger charge is 2.28. The third-order valence-electron chi connectivity index (χ3n) is 4.53. The maximum absolute atomic E-state index is 13.4. The van der Waals surface area contributed by atoms with Crippen LogP contribution in [0.4, 0.5) is 11.4 Å². The number of aryl methyl sites for hydroxylation is 2. The van der Waals surface area contributed by atoms with Crippen molar-refractivity contribution in [1.29, 1.82) is 0 Å². The fourth-order valence-corrected chi connectivity index (χ4v) is 4.95. The average Bonchev–Trinajstić information content (AvgIpc) is 2.70. The summed E-state index contributed by atoms with van der Waals surface area (Å²) in [6, 6.07) is 15.9. The van der Waals surface area contributed by atoms with E-state index in [1.807, 2.05) is 6.92 Å². The Labute approximate surface area is 196 Å². The molecule has 0 aliphatic rings. The van der Waals surface area contributed by atoms with Gasteiger partial charge in [-0.1, -0.05) is 52.5 Å². The summed E-state index contributed by atoms with van der Waals surface area (Å²) in [5.41, 5.74) is 2.30. The number of rotatable bonds is 6. The Morgan fingerprint density at radius 3 is 2.19 bits per heavy atom. The van der Waals surface area contributed by atoms with Crippen LogP contribution in [0, 0.1) is 13.8 Å². The van der Waals surface area contributed by atoms with Crippen molar-refractivity contribution in [1.82, 2.24) is 0 Å². The van der Waals surface area contributed by atoms with E-state index in [2.05, 4.69) is 5.32 Å². The van der Waals surface area contributed by atoms with Crippen LogP contribution in [-0.4, -0.2) is 20.9 Å². The highest BCUT2D eigenvalue weighted by molar-refractivity contribution is 7.92. The molecule has 1 amide bonds. The summed E-state index contributed by atoms with van der Waals surface area (Å²) in [6.45, 7) is 3.15. The van der Waals surface area contributed by atoms with Gasteiger partial charge in [0.05, 0.1) is 20.6 Å². The molecule has 0 aliphatic heterocycles. The van der Waals surface area contributed by atoms with Crippen molar-refractivity contribution in [2.24, 2.45) is 0 Å². The second-order valence-electron chi connectivity index (χ2n) is 6.93. The predicted molar refractivity (Wildman–Crippen MR) is 127 cm³/mol. The quantitative estimate of drug-likeness (QED) is 0.447. The number of carbonyl (C=O) groups is 1. The number of anilines is 2. The minimum Gasteiger partial charge on any atom is -0.324 e. The number of nitrogens with zero attached hydrogens (tertiary/aromatic N) is 1. The molecule has 0 heterocycles. The summed E-state index contributed by atoms with van der Waals surface area (Å²) in [7, 11) is -4.03. The summed E-state index contributed by atoms with van der Waals surface area (Å²) in [4.78, 5) is 12.9. The first-order valence-electron chi connectivity index (χ1n) is 9.18. The molecule has 31 heavy (non-hydrogen) atoms. The lowest BCUT2D eigenvalue weighted by Gasteiger charge is -2.26. The van der Waals surface area contributed by atoms with Gasteiger partial charge in [-0.3, -0.25) is 9.10 Å². The number of hydrogen-bond acceptors (Lipinski definition) is 3. The molecule has 0 atom stereocenters. The molecule has 0 unspecified atom stereocenters. The Kier molecular flexibility index (Phi) is 7.17. The van der Waals surface area contributed by atoms with E-state index >= 15 is 0 Å². The molecule has 5 nitrogen and oxygen atoms in total. The maximum Gasteiger partial charge on any atom is 0.264 e. The summed E-state index contributed by atoms with van der Waals surface area (Å²) >= 11 is 17.9. The normalized spacial score (nSPS) is 11.3. The lowest BCUT2D eigenvalue weighted by molar-refractivity contribution is -0.114. The second kappa shape index (κ2) is 9.49. The first-order chi connectivity index (χ1) is 14.6. The number of carbonyl (C=O) groups excluding carboxylic acids is 1. The molecule has 0 spiro atoms. The summed E-state index contributed by atoms with van der Waals surface area (Å²) in [5, 5.41) is 3.75. The smallest absolute Gasteiger partial charge is 0.264 e. The van der Waals surface area contributed by atoms with Gasteiger partial charge in [0, 0.05) is 10.7 Å². The first kappa shape index (κ1) is 23.4. The molecule has 0 aromatic heterocycles. The Hall–Kier alpha value is -2.25. The monoisotopic (exact) mass is 496 g/mol. The number of halogens is 3. The van der Waals surface area contributed by atoms with Gasteiger partial charge < -0.3 is 5.32 Å². The molecule has 0 saturated carbocycles. The van der Waals surface area contributed by atoms with E-state index in [0.29, 0.717) is 27.0 Å². The van der Waals surface area contributed by atoms with E-state index in [9.17, 15) is 13.2 Å². The van der Waals surface area contributed by atoms with Crippen LogP contribution in [-0.2, 0) is 14.8 Å². The van der Waals surface area contributed by atoms with Crippen molar-refractivity contribution in [3.05, 3.63) is 86.9 Å². The van der Waals surface area contributed by atoms with E-state index in [4.69, 9.17) is 34.8 Å². The van der Waals surface area contributed by atoms with Crippen molar-refractivity contribution >= 4 is 62.1 Å². The first-order valence-corrected chi connectivity index (χ1v) is 11.8. The van der Waals surface area contributed by atoms with Crippen LogP contribution in [0.15, 0.2) is 65.6 Å². The second-order valence-corrected chi connectivity index (χ2v) is 10.0. The van der Waals surface area contributed by atoms with Crippen molar-refractivity contribution in [2.45, 2.75) is 18.7 Å². The molecule has 0 radical (unpaired) electrons. The highest BCUT2D eigenvalue weighted by Crippen LogP contribution is 2.29. The lowest BCUT2D eigenvalue weighted by atomic mass is 10.2. The topological polar surface area (TPSA) is 66.5 Å². The molecule has 3 aromatic rings. The number of amides is 1. The Morgan fingerprint density at radius 1 is 0.903 bits per heavy atom. The van der Waals surface area contributed by atoms with Crippen LogP contribution in [0.1, 0.15) is 11.1 Å². The van der Waals surface area contributed by atoms with Crippen LogP contribution in [0.3, 0.4) is 0 Å². The maximum atomic E-state index is 13.4. The van der Waals surface area contributed by atoms with E-state index in [1.54, 1.807) is 49.4 Å². The Balaban J connectivity index is 1.98. The van der Waals surface area contributed by atoms with Gasteiger partial charge in [0.1, 0.15) is 6.54 Å². The minimum absolute atomic E-state index is 0.0785. The largest absolute Gasteiger partial charge is 0.324 e. The van der Waals surface area contributed by atoms with Crippen LogP contribution in [0.25, 0.3) is 0 Å². The van der Waals surface area contributed by atoms with E-state index in [1.165, 1.54) is 18.2 Å². The SMILES string of the molecule is Cc1ccc(S(=O)(=O)N(CC(=O)Nc2ccc(Cl)c(Cl)c2)c2ccc(Cl)cc2C)cc1. The summed E-state index contributed by atoms with van der Waals surface area (Å²) in [6.07, 6.45) is 0. The zero-order chi connectivity index (χ0) is 22.8. The third-order valence-corrected chi connectivity index (χ3v) is 7.28. The van der Waals surface area contributed by atoms with Gasteiger partial charge in [0.15, 0.2) is 0 Å². The van der Waals surface area contributed by atoms with E-state index in [-0.39, 0.29) is 9.92 Å². The molecular weight excluding hydrogens is 479 g/mol.